The maximum Gasteiger partial charge on any atom is 0.299 e. The third-order valence-electron chi connectivity index (χ3n) is 1.66. The fourth-order valence-corrected chi connectivity index (χ4v) is 1.44. The number of nitrogen functional groups attached to an aromatic ring is 1. The molecule has 1 heterocycles. The predicted molar refractivity (Wildman–Crippen MR) is 55.6 cm³/mol. The van der Waals surface area contributed by atoms with Crippen LogP contribution in [0.1, 0.15) is 5.56 Å². The molecule has 2 N–H and O–H groups in total. The molecule has 2 rings (SSSR count). The highest BCUT2D eigenvalue weighted by Crippen LogP contribution is 2.26. The van der Waals surface area contributed by atoms with E-state index in [9.17, 15) is 0 Å². The van der Waals surface area contributed by atoms with Crippen molar-refractivity contribution < 1.29 is 4.74 Å². The molecule has 0 atom stereocenters. The second-order valence-corrected chi connectivity index (χ2v) is 3.47. The van der Waals surface area contributed by atoms with Crippen LogP contribution in [-0.4, -0.2) is 10.2 Å². The number of rotatable bonds is 2. The van der Waals surface area contributed by atoms with Crippen molar-refractivity contribution in [2.24, 2.45) is 0 Å². The summed E-state index contributed by atoms with van der Waals surface area (Å²) >= 11 is 1.26. The molecule has 15 heavy (non-hydrogen) atoms. The van der Waals surface area contributed by atoms with Crippen molar-refractivity contribution in [1.82, 2.24) is 10.2 Å². The number of ether oxygens (including phenoxy) is 1. The molecule has 0 fully saturated rings. The van der Waals surface area contributed by atoms with E-state index in [1.807, 2.05) is 6.07 Å². The van der Waals surface area contributed by atoms with Gasteiger partial charge in [0.25, 0.3) is 5.19 Å². The molecule has 0 unspecified atom stereocenters. The van der Waals surface area contributed by atoms with Gasteiger partial charge in [0.15, 0.2) is 0 Å². The van der Waals surface area contributed by atoms with E-state index < -0.39 is 0 Å². The average molecular weight is 218 g/mol. The van der Waals surface area contributed by atoms with E-state index in [0.717, 1.165) is 0 Å². The van der Waals surface area contributed by atoms with Gasteiger partial charge in [-0.15, -0.1) is 5.10 Å². The van der Waals surface area contributed by atoms with Crippen molar-refractivity contribution in [2.75, 3.05) is 5.73 Å². The molecule has 1 aromatic carbocycles. The Kier molecular flexibility index (Phi) is 2.48. The topological polar surface area (TPSA) is 84.8 Å². The zero-order chi connectivity index (χ0) is 10.7. The summed E-state index contributed by atoms with van der Waals surface area (Å²) in [5, 5.41) is 16.6. The van der Waals surface area contributed by atoms with Gasteiger partial charge in [0.05, 0.1) is 5.56 Å². The van der Waals surface area contributed by atoms with E-state index >= 15 is 0 Å². The lowest BCUT2D eigenvalue weighted by atomic mass is 10.2. The van der Waals surface area contributed by atoms with Gasteiger partial charge in [-0.3, -0.25) is 0 Å². The molecule has 1 aromatic heterocycles. The molecule has 0 spiro atoms. The lowest BCUT2D eigenvalue weighted by molar-refractivity contribution is 0.472. The minimum Gasteiger partial charge on any atom is -0.428 e. The van der Waals surface area contributed by atoms with Crippen LogP contribution in [0.5, 0.6) is 10.9 Å². The van der Waals surface area contributed by atoms with Gasteiger partial charge in [0, 0.05) is 5.69 Å². The van der Waals surface area contributed by atoms with Crippen LogP contribution in [0.25, 0.3) is 0 Å². The minimum atomic E-state index is 0.380. The number of hydrogen-bond acceptors (Lipinski definition) is 6. The molecule has 0 aliphatic carbocycles. The number of anilines is 1. The molecule has 0 aliphatic heterocycles. The molecule has 0 bridgehead atoms. The van der Waals surface area contributed by atoms with Gasteiger partial charge in [0.1, 0.15) is 17.3 Å². The summed E-state index contributed by atoms with van der Waals surface area (Å²) < 4.78 is 5.36. The third kappa shape index (κ3) is 2.03. The predicted octanol–water partition coefficient (Wildman–Crippen LogP) is 1.78. The molecule has 2 aromatic rings. The fraction of sp³-hybridized carbons (Fsp3) is 0. The summed E-state index contributed by atoms with van der Waals surface area (Å²) in [5.74, 6) is 0.434. The molecule has 0 aliphatic rings. The van der Waals surface area contributed by atoms with Crippen molar-refractivity contribution in [2.45, 2.75) is 0 Å². The molecule has 74 valence electrons. The standard InChI is InChI=1S/C9H6N4OS/c10-4-6-3-7(11)1-2-8(6)14-9-13-12-5-15-9/h1-3,5H,11H2. The fourth-order valence-electron chi connectivity index (χ4n) is 1.03. The first-order chi connectivity index (χ1) is 7.29. The van der Waals surface area contributed by atoms with Crippen molar-refractivity contribution in [3.63, 3.8) is 0 Å². The van der Waals surface area contributed by atoms with Crippen LogP contribution in [0, 0.1) is 11.3 Å². The van der Waals surface area contributed by atoms with Crippen LogP contribution in [0.3, 0.4) is 0 Å². The maximum atomic E-state index is 8.85. The van der Waals surface area contributed by atoms with Gasteiger partial charge >= 0.3 is 0 Å². The monoisotopic (exact) mass is 218 g/mol. The minimum absolute atomic E-state index is 0.380. The summed E-state index contributed by atoms with van der Waals surface area (Å²) in [6.45, 7) is 0. The normalized spacial score (nSPS) is 9.53. The van der Waals surface area contributed by atoms with Crippen LogP contribution in [-0.2, 0) is 0 Å². The SMILES string of the molecule is N#Cc1cc(N)ccc1Oc1nncs1. The molecular formula is C9H6N4OS. The van der Waals surface area contributed by atoms with E-state index in [-0.39, 0.29) is 0 Å². The second-order valence-electron chi connectivity index (χ2n) is 2.67. The third-order valence-corrected chi connectivity index (χ3v) is 2.23. The van der Waals surface area contributed by atoms with Crippen LogP contribution < -0.4 is 10.5 Å². The van der Waals surface area contributed by atoms with Gasteiger partial charge in [-0.2, -0.15) is 5.26 Å². The van der Waals surface area contributed by atoms with Crippen LogP contribution in [0.4, 0.5) is 5.69 Å². The quantitative estimate of drug-likeness (QED) is 0.776. The van der Waals surface area contributed by atoms with Crippen LogP contribution in [0.2, 0.25) is 0 Å². The average Bonchev–Trinajstić information content (AvgIpc) is 2.73. The van der Waals surface area contributed by atoms with Crippen molar-refractivity contribution in [1.29, 1.82) is 5.26 Å². The number of hydrogen-bond donors (Lipinski definition) is 1. The summed E-state index contributed by atoms with van der Waals surface area (Å²) in [4.78, 5) is 0. The highest BCUT2D eigenvalue weighted by atomic mass is 32.1. The highest BCUT2D eigenvalue weighted by Gasteiger charge is 2.06. The molecule has 5 nitrogen and oxygen atoms in total. The Labute approximate surface area is 89.7 Å². The van der Waals surface area contributed by atoms with Gasteiger partial charge < -0.3 is 10.5 Å². The van der Waals surface area contributed by atoms with Gasteiger partial charge in [-0.1, -0.05) is 16.4 Å². The molecule has 0 saturated carbocycles. The Bertz CT molecular complexity index is 503. The van der Waals surface area contributed by atoms with Crippen molar-refractivity contribution in [3.05, 3.63) is 29.3 Å². The van der Waals surface area contributed by atoms with E-state index in [0.29, 0.717) is 22.2 Å². The number of nitrogens with two attached hydrogens (primary N) is 1. The summed E-state index contributed by atoms with van der Waals surface area (Å²) in [7, 11) is 0. The molecular weight excluding hydrogens is 212 g/mol. The maximum absolute atomic E-state index is 8.85. The van der Waals surface area contributed by atoms with E-state index in [4.69, 9.17) is 15.7 Å². The molecule has 0 amide bonds. The van der Waals surface area contributed by atoms with E-state index in [1.54, 1.807) is 23.7 Å². The van der Waals surface area contributed by atoms with Crippen LogP contribution in [0.15, 0.2) is 23.7 Å². The number of nitriles is 1. The Morgan fingerprint density at radius 2 is 2.33 bits per heavy atom. The van der Waals surface area contributed by atoms with E-state index in [2.05, 4.69) is 10.2 Å². The Morgan fingerprint density at radius 1 is 1.47 bits per heavy atom. The lowest BCUT2D eigenvalue weighted by Crippen LogP contribution is -1.91. The Hall–Kier alpha value is -2.13. The summed E-state index contributed by atoms with van der Waals surface area (Å²) in [5.41, 5.74) is 8.00. The number of nitrogens with zero attached hydrogens (tertiary/aromatic N) is 3. The lowest BCUT2D eigenvalue weighted by Gasteiger charge is -2.03. The first-order valence-corrected chi connectivity index (χ1v) is 4.91. The van der Waals surface area contributed by atoms with Crippen LogP contribution >= 0.6 is 11.3 Å². The Morgan fingerprint density at radius 3 is 3.00 bits per heavy atom. The van der Waals surface area contributed by atoms with Gasteiger partial charge in [0.2, 0.25) is 0 Å². The highest BCUT2D eigenvalue weighted by molar-refractivity contribution is 7.11. The van der Waals surface area contributed by atoms with E-state index in [1.165, 1.54) is 11.3 Å². The number of benzene rings is 1. The summed E-state index contributed by atoms with van der Waals surface area (Å²) in [6.07, 6.45) is 0. The van der Waals surface area contributed by atoms with Gasteiger partial charge in [-0.05, 0) is 18.2 Å². The number of aromatic nitrogens is 2. The summed E-state index contributed by atoms with van der Waals surface area (Å²) in [6, 6.07) is 6.85. The molecule has 6 heteroatoms. The van der Waals surface area contributed by atoms with Crippen molar-refractivity contribution in [3.8, 4) is 17.0 Å². The smallest absolute Gasteiger partial charge is 0.299 e. The second kappa shape index (κ2) is 3.94. The zero-order valence-corrected chi connectivity index (χ0v) is 8.36. The van der Waals surface area contributed by atoms with Gasteiger partial charge in [-0.25, -0.2) is 0 Å². The largest absolute Gasteiger partial charge is 0.428 e. The molecule has 0 radical (unpaired) electrons. The first-order valence-electron chi connectivity index (χ1n) is 4.03. The van der Waals surface area contributed by atoms with Crippen molar-refractivity contribution >= 4 is 17.0 Å². The first kappa shape index (κ1) is 9.43. The Balaban J connectivity index is 2.33. The molecule has 0 saturated heterocycles. The zero-order valence-electron chi connectivity index (χ0n) is 7.54.